The second-order valence-electron chi connectivity index (χ2n) is 5.65. The van der Waals surface area contributed by atoms with Gasteiger partial charge in [0.05, 0.1) is 18.2 Å². The van der Waals surface area contributed by atoms with E-state index in [2.05, 4.69) is 10.6 Å². The zero-order valence-electron chi connectivity index (χ0n) is 13.0. The molecule has 0 radical (unpaired) electrons. The van der Waals surface area contributed by atoms with Gasteiger partial charge in [0, 0.05) is 6.54 Å². The van der Waals surface area contributed by atoms with E-state index in [1.165, 1.54) is 0 Å². The van der Waals surface area contributed by atoms with Crippen LogP contribution < -0.4 is 15.4 Å². The van der Waals surface area contributed by atoms with Crippen LogP contribution in [0, 0.1) is 0 Å². The van der Waals surface area contributed by atoms with Crippen LogP contribution in [0.1, 0.15) is 38.4 Å². The Bertz CT molecular complexity index is 459. The lowest BCUT2D eigenvalue weighted by Crippen LogP contribution is -2.41. The second-order valence-corrected chi connectivity index (χ2v) is 5.65. The van der Waals surface area contributed by atoms with Crippen molar-refractivity contribution in [3.63, 3.8) is 0 Å². The molecule has 1 aliphatic heterocycles. The maximum absolute atomic E-state index is 11.9. The minimum Gasteiger partial charge on any atom is -0.491 e. The third-order valence-corrected chi connectivity index (χ3v) is 3.48. The van der Waals surface area contributed by atoms with Crippen LogP contribution in [-0.2, 0) is 4.79 Å². The molecule has 0 spiro atoms. The average Bonchev–Trinajstić information content (AvgIpc) is 2.99. The van der Waals surface area contributed by atoms with Crippen LogP contribution in [0.2, 0.25) is 0 Å². The van der Waals surface area contributed by atoms with E-state index < -0.39 is 6.10 Å². The number of carbonyl (C=O) groups is 1. The molecule has 6 heteroatoms. The van der Waals surface area contributed by atoms with Gasteiger partial charge in [0.2, 0.25) is 5.91 Å². The van der Waals surface area contributed by atoms with E-state index in [0.717, 1.165) is 30.7 Å². The number of hydrogen-bond donors (Lipinski definition) is 3. The molecular formula is C16H25ClN2O3. The highest BCUT2D eigenvalue weighted by atomic mass is 35.5. The first-order chi connectivity index (χ1) is 10.1. The molecule has 1 fully saturated rings. The fourth-order valence-corrected chi connectivity index (χ4v) is 2.39. The predicted molar refractivity (Wildman–Crippen MR) is 88.4 cm³/mol. The molecule has 1 heterocycles. The van der Waals surface area contributed by atoms with Gasteiger partial charge in [-0.15, -0.1) is 12.4 Å². The SMILES string of the molecule is CC(C)Oc1ccc(C(O)CNC(=O)[C@@H]2CCCN2)cc1.Cl. The molecule has 2 rings (SSSR count). The summed E-state index contributed by atoms with van der Waals surface area (Å²) in [5.41, 5.74) is 0.769. The van der Waals surface area contributed by atoms with Crippen molar-refractivity contribution in [2.75, 3.05) is 13.1 Å². The maximum atomic E-state index is 11.9. The summed E-state index contributed by atoms with van der Waals surface area (Å²) in [5, 5.41) is 16.0. The standard InChI is InChI=1S/C16H24N2O3.ClH/c1-11(2)21-13-7-5-12(6-8-13)15(19)10-18-16(20)14-4-3-9-17-14;/h5-8,11,14-15,17,19H,3-4,9-10H2,1-2H3,(H,18,20);1H/t14-,15?;/m0./s1. The Morgan fingerprint density at radius 2 is 2.09 bits per heavy atom. The normalized spacial score (nSPS) is 18.6. The lowest BCUT2D eigenvalue weighted by molar-refractivity contribution is -0.123. The molecule has 0 aromatic heterocycles. The van der Waals surface area contributed by atoms with Crippen LogP contribution in [0.4, 0.5) is 0 Å². The summed E-state index contributed by atoms with van der Waals surface area (Å²) >= 11 is 0. The Balaban J connectivity index is 0.00000242. The van der Waals surface area contributed by atoms with Crippen LogP contribution in [0.3, 0.4) is 0 Å². The van der Waals surface area contributed by atoms with Gasteiger partial charge in [-0.1, -0.05) is 12.1 Å². The first-order valence-corrected chi connectivity index (χ1v) is 7.52. The number of aliphatic hydroxyl groups is 1. The Kier molecular flexibility index (Phi) is 7.65. The topological polar surface area (TPSA) is 70.6 Å². The Morgan fingerprint density at radius 3 is 2.64 bits per heavy atom. The molecule has 5 nitrogen and oxygen atoms in total. The zero-order valence-corrected chi connectivity index (χ0v) is 13.9. The highest BCUT2D eigenvalue weighted by Crippen LogP contribution is 2.18. The number of benzene rings is 1. The Morgan fingerprint density at radius 1 is 1.41 bits per heavy atom. The molecule has 0 saturated carbocycles. The summed E-state index contributed by atoms with van der Waals surface area (Å²) in [7, 11) is 0. The summed E-state index contributed by atoms with van der Waals surface area (Å²) < 4.78 is 5.55. The second kappa shape index (κ2) is 8.98. The van der Waals surface area contributed by atoms with Crippen molar-refractivity contribution in [3.8, 4) is 5.75 Å². The summed E-state index contributed by atoms with van der Waals surface area (Å²) in [6.45, 7) is 5.05. The smallest absolute Gasteiger partial charge is 0.237 e. The Hall–Kier alpha value is -1.30. The third-order valence-electron chi connectivity index (χ3n) is 3.48. The van der Waals surface area contributed by atoms with E-state index in [4.69, 9.17) is 4.74 Å². The molecule has 3 N–H and O–H groups in total. The number of nitrogens with one attached hydrogen (secondary N) is 2. The van der Waals surface area contributed by atoms with Crippen molar-refractivity contribution in [2.24, 2.45) is 0 Å². The van der Waals surface area contributed by atoms with Crippen LogP contribution in [0.5, 0.6) is 5.75 Å². The van der Waals surface area contributed by atoms with Crippen molar-refractivity contribution in [1.82, 2.24) is 10.6 Å². The summed E-state index contributed by atoms with van der Waals surface area (Å²) in [6.07, 6.45) is 1.31. The number of aliphatic hydroxyl groups excluding tert-OH is 1. The molecule has 124 valence electrons. The molecule has 1 amide bonds. The van der Waals surface area contributed by atoms with Crippen molar-refractivity contribution in [1.29, 1.82) is 0 Å². The van der Waals surface area contributed by atoms with E-state index in [0.29, 0.717) is 0 Å². The first kappa shape index (κ1) is 18.7. The number of halogens is 1. The predicted octanol–water partition coefficient (Wildman–Crippen LogP) is 1.80. The van der Waals surface area contributed by atoms with Crippen molar-refractivity contribution >= 4 is 18.3 Å². The lowest BCUT2D eigenvalue weighted by Gasteiger charge is -2.16. The van der Waals surface area contributed by atoms with Gasteiger partial charge in [-0.3, -0.25) is 4.79 Å². The summed E-state index contributed by atoms with van der Waals surface area (Å²) in [4.78, 5) is 11.9. The highest BCUT2D eigenvalue weighted by Gasteiger charge is 2.22. The molecule has 1 saturated heterocycles. The minimum absolute atomic E-state index is 0. The number of hydrogen-bond acceptors (Lipinski definition) is 4. The number of carbonyl (C=O) groups excluding carboxylic acids is 1. The van der Waals surface area contributed by atoms with Crippen LogP contribution in [-0.4, -0.2) is 36.2 Å². The molecule has 1 unspecified atom stereocenters. The van der Waals surface area contributed by atoms with Crippen LogP contribution in [0.15, 0.2) is 24.3 Å². The van der Waals surface area contributed by atoms with Crippen molar-refractivity contribution < 1.29 is 14.6 Å². The van der Waals surface area contributed by atoms with Gasteiger partial charge in [-0.05, 0) is 50.9 Å². The van der Waals surface area contributed by atoms with Gasteiger partial charge in [0.1, 0.15) is 5.75 Å². The molecule has 0 aliphatic carbocycles. The molecule has 22 heavy (non-hydrogen) atoms. The highest BCUT2D eigenvalue weighted by molar-refractivity contribution is 5.85. The Labute approximate surface area is 137 Å². The zero-order chi connectivity index (χ0) is 15.2. The number of ether oxygens (including phenoxy) is 1. The molecule has 1 aromatic carbocycles. The number of rotatable bonds is 6. The summed E-state index contributed by atoms with van der Waals surface area (Å²) in [6, 6.07) is 7.20. The van der Waals surface area contributed by atoms with Gasteiger partial charge in [-0.2, -0.15) is 0 Å². The van der Waals surface area contributed by atoms with Crippen molar-refractivity contribution in [2.45, 2.75) is 44.9 Å². The molecule has 0 bridgehead atoms. The lowest BCUT2D eigenvalue weighted by atomic mass is 10.1. The molecular weight excluding hydrogens is 304 g/mol. The fraction of sp³-hybridized carbons (Fsp3) is 0.562. The van der Waals surface area contributed by atoms with E-state index >= 15 is 0 Å². The van der Waals surface area contributed by atoms with Gasteiger partial charge in [-0.25, -0.2) is 0 Å². The quantitative estimate of drug-likeness (QED) is 0.744. The van der Waals surface area contributed by atoms with Crippen molar-refractivity contribution in [3.05, 3.63) is 29.8 Å². The van der Waals surface area contributed by atoms with Gasteiger partial charge >= 0.3 is 0 Å². The maximum Gasteiger partial charge on any atom is 0.237 e. The fourth-order valence-electron chi connectivity index (χ4n) is 2.39. The van der Waals surface area contributed by atoms with Gasteiger partial charge in [0.25, 0.3) is 0 Å². The minimum atomic E-state index is -0.705. The average molecular weight is 329 g/mol. The largest absolute Gasteiger partial charge is 0.491 e. The molecule has 1 aromatic rings. The number of amides is 1. The van der Waals surface area contributed by atoms with Gasteiger partial charge in [0.15, 0.2) is 0 Å². The van der Waals surface area contributed by atoms with E-state index in [-0.39, 0.29) is 37.0 Å². The van der Waals surface area contributed by atoms with E-state index in [9.17, 15) is 9.90 Å². The van der Waals surface area contributed by atoms with Crippen LogP contribution >= 0.6 is 12.4 Å². The van der Waals surface area contributed by atoms with E-state index in [1.54, 1.807) is 0 Å². The van der Waals surface area contributed by atoms with Crippen LogP contribution in [0.25, 0.3) is 0 Å². The summed E-state index contributed by atoms with van der Waals surface area (Å²) in [5.74, 6) is 0.742. The monoisotopic (exact) mass is 328 g/mol. The third kappa shape index (κ3) is 5.48. The first-order valence-electron chi connectivity index (χ1n) is 7.52. The molecule has 1 aliphatic rings. The van der Waals surface area contributed by atoms with E-state index in [1.807, 2.05) is 38.1 Å². The van der Waals surface area contributed by atoms with Gasteiger partial charge < -0.3 is 20.5 Å². The molecule has 2 atom stereocenters.